The zero-order valence-corrected chi connectivity index (χ0v) is 14.6. The van der Waals surface area contributed by atoms with Crippen LogP contribution in [0, 0.1) is 13.8 Å². The summed E-state index contributed by atoms with van der Waals surface area (Å²) in [6, 6.07) is 0. The van der Waals surface area contributed by atoms with E-state index in [4.69, 9.17) is 0 Å². The molecule has 3 rings (SSSR count). The largest absolute Gasteiger partial charge is 0.480 e. The fraction of sp³-hybridized carbons (Fsp3) is 0.588. The number of rotatable bonds is 5. The molecule has 0 aliphatic heterocycles. The molecule has 0 unspecified atom stereocenters. The lowest BCUT2D eigenvalue weighted by atomic mass is 9.81. The molecule has 1 fully saturated rings. The number of nitrogens with one attached hydrogen (secondary N) is 1. The third-order valence-corrected chi connectivity index (χ3v) is 5.09. The maximum atomic E-state index is 12.4. The molecule has 25 heavy (non-hydrogen) atoms. The zero-order valence-electron chi connectivity index (χ0n) is 14.6. The molecule has 0 bridgehead atoms. The predicted molar refractivity (Wildman–Crippen MR) is 90.2 cm³/mol. The van der Waals surface area contributed by atoms with E-state index in [2.05, 4.69) is 20.4 Å². The van der Waals surface area contributed by atoms with Crippen LogP contribution in [0.3, 0.4) is 0 Å². The summed E-state index contributed by atoms with van der Waals surface area (Å²) in [7, 11) is 0. The Bertz CT molecular complexity index is 808. The molecule has 1 aliphatic rings. The number of fused-ring (bicyclic) bond motifs is 1. The van der Waals surface area contributed by atoms with E-state index in [-0.39, 0.29) is 12.3 Å². The molecule has 8 heteroatoms. The van der Waals surface area contributed by atoms with Crippen LogP contribution in [-0.4, -0.2) is 42.1 Å². The van der Waals surface area contributed by atoms with Gasteiger partial charge in [0.1, 0.15) is 11.9 Å². The molecule has 0 saturated heterocycles. The molecule has 0 radical (unpaired) electrons. The Morgan fingerprint density at radius 3 is 2.68 bits per heavy atom. The first kappa shape index (κ1) is 17.3. The van der Waals surface area contributed by atoms with E-state index in [0.29, 0.717) is 25.0 Å². The summed E-state index contributed by atoms with van der Waals surface area (Å²) in [5, 5.41) is 16.5. The zero-order chi connectivity index (χ0) is 18.0. The SMILES string of the molecule is Cc1nc2ncnn2c(C)c1CCC(=O)NC1(C(=O)O)CCCCC1. The number of carboxylic acid groups (broad SMARTS) is 1. The van der Waals surface area contributed by atoms with Gasteiger partial charge in [-0.1, -0.05) is 19.3 Å². The van der Waals surface area contributed by atoms with Crippen LogP contribution in [0.25, 0.3) is 5.78 Å². The number of carbonyl (C=O) groups is 2. The molecular formula is C17H23N5O3. The van der Waals surface area contributed by atoms with E-state index in [1.165, 1.54) is 6.33 Å². The molecule has 134 valence electrons. The van der Waals surface area contributed by atoms with Crippen molar-refractivity contribution in [3.05, 3.63) is 23.3 Å². The fourth-order valence-corrected chi connectivity index (χ4v) is 3.63. The maximum absolute atomic E-state index is 12.4. The molecule has 0 aromatic carbocycles. The average molecular weight is 345 g/mol. The quantitative estimate of drug-likeness (QED) is 0.851. The van der Waals surface area contributed by atoms with E-state index < -0.39 is 11.5 Å². The molecule has 1 amide bonds. The van der Waals surface area contributed by atoms with Crippen molar-refractivity contribution in [1.29, 1.82) is 0 Å². The first-order valence-corrected chi connectivity index (χ1v) is 8.63. The Kier molecular flexibility index (Phi) is 4.69. The topological polar surface area (TPSA) is 109 Å². The van der Waals surface area contributed by atoms with Crippen LogP contribution < -0.4 is 5.32 Å². The number of aryl methyl sites for hydroxylation is 2. The van der Waals surface area contributed by atoms with Crippen LogP contribution in [0.2, 0.25) is 0 Å². The van der Waals surface area contributed by atoms with Crippen molar-refractivity contribution in [3.63, 3.8) is 0 Å². The molecule has 2 N–H and O–H groups in total. The predicted octanol–water partition coefficient (Wildman–Crippen LogP) is 1.58. The van der Waals surface area contributed by atoms with Gasteiger partial charge in [-0.3, -0.25) is 4.79 Å². The van der Waals surface area contributed by atoms with Gasteiger partial charge in [0.05, 0.1) is 0 Å². The van der Waals surface area contributed by atoms with Gasteiger partial charge in [0, 0.05) is 17.8 Å². The lowest BCUT2D eigenvalue weighted by Crippen LogP contribution is -2.55. The Hall–Kier alpha value is -2.51. The highest BCUT2D eigenvalue weighted by atomic mass is 16.4. The van der Waals surface area contributed by atoms with Gasteiger partial charge in [0.15, 0.2) is 0 Å². The minimum absolute atomic E-state index is 0.221. The Morgan fingerprint density at radius 1 is 1.28 bits per heavy atom. The summed E-state index contributed by atoms with van der Waals surface area (Å²) >= 11 is 0. The van der Waals surface area contributed by atoms with Crippen LogP contribution in [0.4, 0.5) is 0 Å². The van der Waals surface area contributed by atoms with Gasteiger partial charge >= 0.3 is 5.97 Å². The van der Waals surface area contributed by atoms with Crippen molar-refractivity contribution in [2.75, 3.05) is 0 Å². The number of nitrogens with zero attached hydrogens (tertiary/aromatic N) is 4. The summed E-state index contributed by atoms with van der Waals surface area (Å²) in [6.45, 7) is 3.80. The number of aliphatic carboxylic acids is 1. The molecule has 2 aromatic heterocycles. The van der Waals surface area contributed by atoms with Crippen LogP contribution in [0.15, 0.2) is 6.33 Å². The van der Waals surface area contributed by atoms with Gasteiger partial charge in [-0.05, 0) is 38.7 Å². The van der Waals surface area contributed by atoms with Gasteiger partial charge in [0.25, 0.3) is 5.78 Å². The molecule has 0 atom stereocenters. The summed E-state index contributed by atoms with van der Waals surface area (Å²) < 4.78 is 1.65. The Morgan fingerprint density at radius 2 is 2.00 bits per heavy atom. The van der Waals surface area contributed by atoms with Crippen molar-refractivity contribution < 1.29 is 14.7 Å². The number of carboxylic acids is 1. The third kappa shape index (κ3) is 3.33. The van der Waals surface area contributed by atoms with Crippen molar-refractivity contribution in [2.24, 2.45) is 0 Å². The summed E-state index contributed by atoms with van der Waals surface area (Å²) in [5.74, 6) is -0.629. The van der Waals surface area contributed by atoms with E-state index in [9.17, 15) is 14.7 Å². The minimum Gasteiger partial charge on any atom is -0.480 e. The van der Waals surface area contributed by atoms with Crippen LogP contribution in [-0.2, 0) is 16.0 Å². The van der Waals surface area contributed by atoms with E-state index >= 15 is 0 Å². The minimum atomic E-state index is -1.10. The third-order valence-electron chi connectivity index (χ3n) is 5.09. The van der Waals surface area contributed by atoms with Crippen molar-refractivity contribution in [1.82, 2.24) is 24.9 Å². The van der Waals surface area contributed by atoms with Gasteiger partial charge in [0.2, 0.25) is 5.91 Å². The normalized spacial score (nSPS) is 16.7. The lowest BCUT2D eigenvalue weighted by molar-refractivity contribution is -0.149. The van der Waals surface area contributed by atoms with Gasteiger partial charge in [-0.15, -0.1) is 0 Å². The van der Waals surface area contributed by atoms with E-state index in [1.807, 2.05) is 13.8 Å². The number of hydrogen-bond donors (Lipinski definition) is 2. The average Bonchev–Trinajstić information content (AvgIpc) is 3.03. The molecule has 2 aromatic rings. The second kappa shape index (κ2) is 6.78. The first-order valence-electron chi connectivity index (χ1n) is 8.63. The summed E-state index contributed by atoms with van der Waals surface area (Å²) in [6.07, 6.45) is 5.84. The highest BCUT2D eigenvalue weighted by Crippen LogP contribution is 2.28. The van der Waals surface area contributed by atoms with Gasteiger partial charge in [-0.2, -0.15) is 10.1 Å². The number of hydrogen-bond acceptors (Lipinski definition) is 5. The standard InChI is InChI=1S/C17H23N5O3/c1-11-13(12(2)22-16(20-11)18-10-19-22)6-7-14(23)21-17(15(24)25)8-4-3-5-9-17/h10H,3-9H2,1-2H3,(H,21,23)(H,24,25). The highest BCUT2D eigenvalue weighted by Gasteiger charge is 2.40. The Balaban J connectivity index is 1.71. The van der Waals surface area contributed by atoms with E-state index in [0.717, 1.165) is 36.2 Å². The monoisotopic (exact) mass is 345 g/mol. The van der Waals surface area contributed by atoms with Crippen LogP contribution >= 0.6 is 0 Å². The molecule has 8 nitrogen and oxygen atoms in total. The molecule has 1 aliphatic carbocycles. The number of aromatic nitrogens is 4. The second-order valence-electron chi connectivity index (χ2n) is 6.73. The van der Waals surface area contributed by atoms with E-state index in [1.54, 1.807) is 4.52 Å². The molecule has 0 spiro atoms. The van der Waals surface area contributed by atoms with Crippen molar-refractivity contribution in [2.45, 2.75) is 64.3 Å². The van der Waals surface area contributed by atoms with Crippen LogP contribution in [0.5, 0.6) is 0 Å². The first-order chi connectivity index (χ1) is 11.9. The molecule has 1 saturated carbocycles. The van der Waals surface area contributed by atoms with Crippen molar-refractivity contribution in [3.8, 4) is 0 Å². The van der Waals surface area contributed by atoms with Crippen LogP contribution in [0.1, 0.15) is 55.5 Å². The molecular weight excluding hydrogens is 322 g/mol. The maximum Gasteiger partial charge on any atom is 0.329 e. The molecule has 2 heterocycles. The Labute approximate surface area is 145 Å². The smallest absolute Gasteiger partial charge is 0.329 e. The highest BCUT2D eigenvalue weighted by molar-refractivity contribution is 5.87. The van der Waals surface area contributed by atoms with Gasteiger partial charge < -0.3 is 10.4 Å². The number of carbonyl (C=O) groups excluding carboxylic acids is 1. The van der Waals surface area contributed by atoms with Gasteiger partial charge in [-0.25, -0.2) is 14.3 Å². The number of amides is 1. The second-order valence-corrected chi connectivity index (χ2v) is 6.73. The fourth-order valence-electron chi connectivity index (χ4n) is 3.63. The lowest BCUT2D eigenvalue weighted by Gasteiger charge is -2.34. The summed E-state index contributed by atoms with van der Waals surface area (Å²) in [4.78, 5) is 32.5. The van der Waals surface area contributed by atoms with Crippen molar-refractivity contribution >= 4 is 17.7 Å². The summed E-state index contributed by atoms with van der Waals surface area (Å²) in [5.41, 5.74) is 1.56.